The standard InChI is InChI=1S/C16H32N2O/c1-13(2)14-5-4-9-18(10-7-14)15-6-8-16(11-15,12-19)17-3/h13-15,17,19H,4-12H2,1-3H3. The summed E-state index contributed by atoms with van der Waals surface area (Å²) in [7, 11) is 2.00. The third kappa shape index (κ3) is 3.50. The van der Waals surface area contributed by atoms with Gasteiger partial charge in [0, 0.05) is 11.6 Å². The van der Waals surface area contributed by atoms with E-state index < -0.39 is 0 Å². The molecule has 0 aromatic heterocycles. The molecule has 2 N–H and O–H groups in total. The van der Waals surface area contributed by atoms with Gasteiger partial charge in [-0.15, -0.1) is 0 Å². The van der Waals surface area contributed by atoms with Crippen molar-refractivity contribution >= 4 is 0 Å². The highest BCUT2D eigenvalue weighted by Gasteiger charge is 2.40. The second-order valence-electron chi connectivity index (χ2n) is 7.06. The van der Waals surface area contributed by atoms with Gasteiger partial charge in [-0.25, -0.2) is 0 Å². The average molecular weight is 268 g/mol. The molecule has 3 heteroatoms. The van der Waals surface area contributed by atoms with E-state index in [1.165, 1.54) is 38.8 Å². The van der Waals surface area contributed by atoms with Crippen molar-refractivity contribution in [2.24, 2.45) is 11.8 Å². The van der Waals surface area contributed by atoms with Gasteiger partial charge >= 0.3 is 0 Å². The Morgan fingerprint density at radius 2 is 2.05 bits per heavy atom. The highest BCUT2D eigenvalue weighted by atomic mass is 16.3. The van der Waals surface area contributed by atoms with Gasteiger partial charge in [-0.1, -0.05) is 13.8 Å². The Bertz CT molecular complexity index is 276. The molecule has 1 saturated heterocycles. The van der Waals surface area contributed by atoms with E-state index in [2.05, 4.69) is 24.1 Å². The van der Waals surface area contributed by atoms with E-state index >= 15 is 0 Å². The fourth-order valence-electron chi connectivity index (χ4n) is 4.04. The Balaban J connectivity index is 1.89. The molecule has 19 heavy (non-hydrogen) atoms. The van der Waals surface area contributed by atoms with Crippen molar-refractivity contribution in [2.45, 2.75) is 64.0 Å². The summed E-state index contributed by atoms with van der Waals surface area (Å²) < 4.78 is 0. The first-order valence-electron chi connectivity index (χ1n) is 8.14. The molecule has 3 nitrogen and oxygen atoms in total. The molecule has 1 heterocycles. The number of aliphatic hydroxyl groups excluding tert-OH is 1. The summed E-state index contributed by atoms with van der Waals surface area (Å²) in [4.78, 5) is 2.71. The molecule has 0 radical (unpaired) electrons. The third-order valence-electron chi connectivity index (χ3n) is 5.68. The van der Waals surface area contributed by atoms with Gasteiger partial charge in [-0.3, -0.25) is 0 Å². The molecule has 2 fully saturated rings. The second-order valence-corrected chi connectivity index (χ2v) is 7.06. The summed E-state index contributed by atoms with van der Waals surface area (Å²) >= 11 is 0. The van der Waals surface area contributed by atoms with Gasteiger partial charge in [-0.2, -0.15) is 0 Å². The molecule has 0 amide bonds. The maximum Gasteiger partial charge on any atom is 0.0613 e. The zero-order chi connectivity index (χ0) is 13.9. The predicted molar refractivity (Wildman–Crippen MR) is 80.3 cm³/mol. The number of nitrogens with one attached hydrogen (secondary N) is 1. The quantitative estimate of drug-likeness (QED) is 0.821. The van der Waals surface area contributed by atoms with E-state index in [4.69, 9.17) is 0 Å². The Morgan fingerprint density at radius 3 is 2.63 bits per heavy atom. The van der Waals surface area contributed by atoms with Crippen molar-refractivity contribution in [3.05, 3.63) is 0 Å². The van der Waals surface area contributed by atoms with E-state index in [1.807, 2.05) is 7.05 Å². The molecule has 3 unspecified atom stereocenters. The molecule has 1 saturated carbocycles. The van der Waals surface area contributed by atoms with Crippen molar-refractivity contribution in [2.75, 3.05) is 26.7 Å². The van der Waals surface area contributed by atoms with E-state index in [-0.39, 0.29) is 12.1 Å². The van der Waals surface area contributed by atoms with Crippen LogP contribution in [0.2, 0.25) is 0 Å². The number of nitrogens with zero attached hydrogens (tertiary/aromatic N) is 1. The van der Waals surface area contributed by atoms with Crippen LogP contribution in [0.15, 0.2) is 0 Å². The molecule has 0 bridgehead atoms. The van der Waals surface area contributed by atoms with Gasteiger partial charge in [0.1, 0.15) is 0 Å². The maximum absolute atomic E-state index is 9.62. The fourth-order valence-corrected chi connectivity index (χ4v) is 4.04. The summed E-state index contributed by atoms with van der Waals surface area (Å²) in [6.45, 7) is 7.54. The number of aliphatic hydroxyl groups is 1. The first kappa shape index (κ1) is 15.3. The first-order valence-corrected chi connectivity index (χ1v) is 8.14. The molecular formula is C16H32N2O. The van der Waals surface area contributed by atoms with E-state index in [0.29, 0.717) is 6.04 Å². The molecule has 0 aromatic rings. The van der Waals surface area contributed by atoms with Crippen LogP contribution in [0.4, 0.5) is 0 Å². The third-order valence-corrected chi connectivity index (χ3v) is 5.68. The molecule has 1 aliphatic heterocycles. The molecule has 1 aliphatic carbocycles. The monoisotopic (exact) mass is 268 g/mol. The van der Waals surface area contributed by atoms with Crippen molar-refractivity contribution in [1.29, 1.82) is 0 Å². The Labute approximate surface area is 118 Å². The molecule has 112 valence electrons. The molecule has 2 rings (SSSR count). The minimum atomic E-state index is -0.00554. The second kappa shape index (κ2) is 6.55. The highest BCUT2D eigenvalue weighted by molar-refractivity contribution is 4.99. The lowest BCUT2D eigenvalue weighted by Gasteiger charge is -2.31. The molecule has 0 aromatic carbocycles. The predicted octanol–water partition coefficient (Wildman–Crippen LogP) is 2.25. The van der Waals surface area contributed by atoms with Gasteiger partial charge in [0.05, 0.1) is 6.61 Å². The molecule has 2 aliphatic rings. The zero-order valence-electron chi connectivity index (χ0n) is 13.0. The van der Waals surface area contributed by atoms with Crippen molar-refractivity contribution in [3.8, 4) is 0 Å². The molecule has 0 spiro atoms. The summed E-state index contributed by atoms with van der Waals surface area (Å²) in [6, 6.07) is 0.686. The Hall–Kier alpha value is -0.120. The Kier molecular flexibility index (Phi) is 5.27. The van der Waals surface area contributed by atoms with Gasteiger partial charge in [0.2, 0.25) is 0 Å². The number of hydrogen-bond acceptors (Lipinski definition) is 3. The largest absolute Gasteiger partial charge is 0.394 e. The van der Waals surface area contributed by atoms with Crippen LogP contribution in [-0.2, 0) is 0 Å². The minimum absolute atomic E-state index is 0.00554. The lowest BCUT2D eigenvalue weighted by molar-refractivity contribution is 0.148. The van der Waals surface area contributed by atoms with Crippen LogP contribution in [0.25, 0.3) is 0 Å². The minimum Gasteiger partial charge on any atom is -0.394 e. The van der Waals surface area contributed by atoms with Crippen LogP contribution in [0.3, 0.4) is 0 Å². The smallest absolute Gasteiger partial charge is 0.0613 e. The lowest BCUT2D eigenvalue weighted by Crippen LogP contribution is -2.46. The topological polar surface area (TPSA) is 35.5 Å². The van der Waals surface area contributed by atoms with Gasteiger partial charge in [0.25, 0.3) is 0 Å². The van der Waals surface area contributed by atoms with Crippen LogP contribution in [-0.4, -0.2) is 48.3 Å². The number of rotatable bonds is 4. The summed E-state index contributed by atoms with van der Waals surface area (Å²) in [5.41, 5.74) is -0.00554. The van der Waals surface area contributed by atoms with Crippen LogP contribution in [0.5, 0.6) is 0 Å². The molecule has 3 atom stereocenters. The van der Waals surface area contributed by atoms with Crippen LogP contribution in [0, 0.1) is 11.8 Å². The summed E-state index contributed by atoms with van der Waals surface area (Å²) in [6.07, 6.45) is 7.60. The van der Waals surface area contributed by atoms with Crippen LogP contribution < -0.4 is 5.32 Å². The molecular weight excluding hydrogens is 236 g/mol. The normalized spacial score (nSPS) is 37.7. The van der Waals surface area contributed by atoms with Crippen molar-refractivity contribution in [3.63, 3.8) is 0 Å². The number of likely N-dealkylation sites (N-methyl/N-ethyl adjacent to an activating group) is 1. The zero-order valence-corrected chi connectivity index (χ0v) is 13.0. The fraction of sp³-hybridized carbons (Fsp3) is 1.00. The van der Waals surface area contributed by atoms with E-state index in [0.717, 1.165) is 24.7 Å². The maximum atomic E-state index is 9.62. The lowest BCUT2D eigenvalue weighted by atomic mass is 9.89. The van der Waals surface area contributed by atoms with Gasteiger partial charge in [0.15, 0.2) is 0 Å². The van der Waals surface area contributed by atoms with Crippen molar-refractivity contribution in [1.82, 2.24) is 10.2 Å². The van der Waals surface area contributed by atoms with Crippen LogP contribution in [0.1, 0.15) is 52.4 Å². The Morgan fingerprint density at radius 1 is 1.26 bits per heavy atom. The summed E-state index contributed by atoms with van der Waals surface area (Å²) in [5, 5.41) is 13.0. The van der Waals surface area contributed by atoms with Gasteiger partial charge < -0.3 is 15.3 Å². The summed E-state index contributed by atoms with van der Waals surface area (Å²) in [5.74, 6) is 1.75. The number of hydrogen-bond donors (Lipinski definition) is 2. The SMILES string of the molecule is CNC1(CO)CCC(N2CCCC(C(C)C)CC2)C1. The van der Waals surface area contributed by atoms with Gasteiger partial charge in [-0.05, 0) is 70.5 Å². The number of likely N-dealkylation sites (tertiary alicyclic amines) is 1. The highest BCUT2D eigenvalue weighted by Crippen LogP contribution is 2.34. The van der Waals surface area contributed by atoms with E-state index in [9.17, 15) is 5.11 Å². The van der Waals surface area contributed by atoms with Crippen molar-refractivity contribution < 1.29 is 5.11 Å². The van der Waals surface area contributed by atoms with E-state index in [1.54, 1.807) is 0 Å². The average Bonchev–Trinajstić information content (AvgIpc) is 2.69. The first-order chi connectivity index (χ1) is 9.10. The van der Waals surface area contributed by atoms with Crippen LogP contribution >= 0.6 is 0 Å².